The minimum atomic E-state index is -3.30. The second-order valence-electron chi connectivity index (χ2n) is 3.35. The number of likely N-dealkylation sites (N-methyl/N-ethyl adjacent to an activating group) is 1. The lowest BCUT2D eigenvalue weighted by Gasteiger charge is -2.25. The van der Waals surface area contributed by atoms with E-state index in [0.29, 0.717) is 6.61 Å². The molecule has 6 heteroatoms. The molecule has 0 atom stereocenters. The first-order chi connectivity index (χ1) is 5.98. The number of rotatable bonds is 5. The fourth-order valence-electron chi connectivity index (χ4n) is 1.33. The van der Waals surface area contributed by atoms with Crippen LogP contribution in [0.15, 0.2) is 0 Å². The van der Waals surface area contributed by atoms with Crippen molar-refractivity contribution in [3.8, 4) is 0 Å². The molecule has 0 amide bonds. The molecule has 1 aliphatic carbocycles. The van der Waals surface area contributed by atoms with Gasteiger partial charge in [-0.1, -0.05) is 0 Å². The molecule has 0 aliphatic heterocycles. The summed E-state index contributed by atoms with van der Waals surface area (Å²) in [6.07, 6.45) is 1.71. The molecule has 0 saturated heterocycles. The number of sulfonamides is 1. The van der Waals surface area contributed by atoms with Gasteiger partial charge in [0.05, 0.1) is 12.1 Å². The first-order valence-electron chi connectivity index (χ1n) is 4.00. The van der Waals surface area contributed by atoms with Crippen LogP contribution >= 0.6 is 11.6 Å². The SMILES string of the molecule is COCC1(N(C)S(=O)(=O)CCl)CC1. The summed E-state index contributed by atoms with van der Waals surface area (Å²) in [4.78, 5) is 0. The van der Waals surface area contributed by atoms with Gasteiger partial charge in [-0.2, -0.15) is 4.31 Å². The highest BCUT2D eigenvalue weighted by molar-refractivity contribution is 7.90. The van der Waals surface area contributed by atoms with Crippen molar-refractivity contribution < 1.29 is 13.2 Å². The van der Waals surface area contributed by atoms with Gasteiger partial charge in [0.1, 0.15) is 5.21 Å². The molecule has 0 spiro atoms. The first kappa shape index (κ1) is 11.2. The van der Waals surface area contributed by atoms with Crippen LogP contribution in [0.5, 0.6) is 0 Å². The molecule has 1 fully saturated rings. The maximum atomic E-state index is 11.4. The summed E-state index contributed by atoms with van der Waals surface area (Å²) < 4.78 is 29.1. The van der Waals surface area contributed by atoms with E-state index in [2.05, 4.69) is 0 Å². The van der Waals surface area contributed by atoms with Crippen molar-refractivity contribution in [2.24, 2.45) is 0 Å². The van der Waals surface area contributed by atoms with Gasteiger partial charge in [0.25, 0.3) is 0 Å². The van der Waals surface area contributed by atoms with Crippen molar-refractivity contribution in [3.05, 3.63) is 0 Å². The zero-order chi connectivity index (χ0) is 10.1. The summed E-state index contributed by atoms with van der Waals surface area (Å²) in [7, 11) is -0.167. The molecule has 1 saturated carbocycles. The third-order valence-corrected chi connectivity index (χ3v) is 4.79. The third-order valence-electron chi connectivity index (χ3n) is 2.46. The Morgan fingerprint density at radius 3 is 2.38 bits per heavy atom. The first-order valence-corrected chi connectivity index (χ1v) is 6.14. The Morgan fingerprint density at radius 2 is 2.08 bits per heavy atom. The number of hydrogen-bond acceptors (Lipinski definition) is 3. The number of halogens is 1. The minimum absolute atomic E-state index is 0.317. The van der Waals surface area contributed by atoms with Crippen LogP contribution in [0.4, 0.5) is 0 Å². The van der Waals surface area contributed by atoms with Gasteiger partial charge in [0, 0.05) is 14.2 Å². The molecular weight excluding hydrogens is 214 g/mol. The lowest BCUT2D eigenvalue weighted by Crippen LogP contribution is -2.42. The van der Waals surface area contributed by atoms with E-state index in [1.807, 2.05) is 0 Å². The maximum Gasteiger partial charge on any atom is 0.228 e. The Balaban J connectivity index is 2.73. The topological polar surface area (TPSA) is 46.6 Å². The van der Waals surface area contributed by atoms with Crippen molar-refractivity contribution in [2.45, 2.75) is 18.4 Å². The molecule has 0 unspecified atom stereocenters. The van der Waals surface area contributed by atoms with E-state index in [9.17, 15) is 8.42 Å². The number of ether oxygens (including phenoxy) is 1. The molecule has 0 aromatic rings. The van der Waals surface area contributed by atoms with Crippen molar-refractivity contribution in [1.29, 1.82) is 0 Å². The van der Waals surface area contributed by atoms with Crippen LogP contribution < -0.4 is 0 Å². The predicted octanol–water partition coefficient (Wildman–Crippen LogP) is 0.623. The Morgan fingerprint density at radius 1 is 1.54 bits per heavy atom. The van der Waals surface area contributed by atoms with Crippen molar-refractivity contribution in [3.63, 3.8) is 0 Å². The average molecular weight is 228 g/mol. The Kier molecular flexibility index (Phi) is 3.22. The fourth-order valence-corrected chi connectivity index (χ4v) is 2.74. The molecule has 0 bridgehead atoms. The highest BCUT2D eigenvalue weighted by atomic mass is 35.5. The van der Waals surface area contributed by atoms with Crippen LogP contribution in [-0.4, -0.2) is 44.2 Å². The Labute approximate surface area is 83.9 Å². The third kappa shape index (κ3) is 2.15. The molecule has 0 N–H and O–H groups in total. The van der Waals surface area contributed by atoms with Gasteiger partial charge in [-0.05, 0) is 12.8 Å². The van der Waals surface area contributed by atoms with Gasteiger partial charge in [-0.15, -0.1) is 11.6 Å². The zero-order valence-corrected chi connectivity index (χ0v) is 9.36. The molecule has 4 nitrogen and oxygen atoms in total. The van der Waals surface area contributed by atoms with E-state index in [-0.39, 0.29) is 10.8 Å². The highest BCUT2D eigenvalue weighted by Gasteiger charge is 2.50. The normalized spacial score (nSPS) is 20.6. The largest absolute Gasteiger partial charge is 0.383 e. The minimum Gasteiger partial charge on any atom is -0.383 e. The van der Waals surface area contributed by atoms with Gasteiger partial charge >= 0.3 is 0 Å². The quantitative estimate of drug-likeness (QED) is 0.647. The Bertz CT molecular complexity index is 273. The van der Waals surface area contributed by atoms with Crippen molar-refractivity contribution >= 4 is 21.6 Å². The van der Waals surface area contributed by atoms with Gasteiger partial charge in [0.15, 0.2) is 0 Å². The summed E-state index contributed by atoms with van der Waals surface area (Å²) in [5.41, 5.74) is -0.317. The highest BCUT2D eigenvalue weighted by Crippen LogP contribution is 2.42. The number of methoxy groups -OCH3 is 1. The van der Waals surface area contributed by atoms with Gasteiger partial charge in [-0.3, -0.25) is 0 Å². The summed E-state index contributed by atoms with van der Waals surface area (Å²) in [5, 5.41) is -0.366. The molecule has 0 radical (unpaired) electrons. The monoisotopic (exact) mass is 227 g/mol. The zero-order valence-electron chi connectivity index (χ0n) is 7.79. The number of alkyl halides is 1. The standard InChI is InChI=1S/C7H14ClNO3S/c1-9(13(10,11)6-8)7(3-4-7)5-12-2/h3-6H2,1-2H3. The van der Waals surface area contributed by atoms with Gasteiger partial charge < -0.3 is 4.74 Å². The summed E-state index contributed by atoms with van der Waals surface area (Å²) in [6.45, 7) is 0.444. The molecule has 13 heavy (non-hydrogen) atoms. The molecule has 1 rings (SSSR count). The lowest BCUT2D eigenvalue weighted by molar-refractivity contribution is 0.130. The van der Waals surface area contributed by atoms with Crippen LogP contribution in [0.2, 0.25) is 0 Å². The fraction of sp³-hybridized carbons (Fsp3) is 1.00. The predicted molar refractivity (Wildman–Crippen MR) is 51.2 cm³/mol. The smallest absolute Gasteiger partial charge is 0.228 e. The van der Waals surface area contributed by atoms with Crippen LogP contribution in [-0.2, 0) is 14.8 Å². The van der Waals surface area contributed by atoms with Crippen molar-refractivity contribution in [2.75, 3.05) is 26.0 Å². The van der Waals surface area contributed by atoms with Crippen LogP contribution in [0.3, 0.4) is 0 Å². The second-order valence-corrected chi connectivity index (χ2v) is 5.93. The molecule has 0 heterocycles. The molecule has 0 aromatic heterocycles. The average Bonchev–Trinajstić information content (AvgIpc) is 2.85. The van der Waals surface area contributed by atoms with E-state index < -0.39 is 10.0 Å². The van der Waals surface area contributed by atoms with Crippen LogP contribution in [0.1, 0.15) is 12.8 Å². The maximum absolute atomic E-state index is 11.4. The van der Waals surface area contributed by atoms with E-state index in [4.69, 9.17) is 16.3 Å². The molecule has 0 aromatic carbocycles. The number of hydrogen-bond donors (Lipinski definition) is 0. The summed E-state index contributed by atoms with van der Waals surface area (Å²) >= 11 is 5.35. The molecular formula is C7H14ClNO3S. The van der Waals surface area contributed by atoms with Crippen LogP contribution in [0.25, 0.3) is 0 Å². The van der Waals surface area contributed by atoms with E-state index in [0.717, 1.165) is 12.8 Å². The van der Waals surface area contributed by atoms with Gasteiger partial charge in [-0.25, -0.2) is 8.42 Å². The van der Waals surface area contributed by atoms with Crippen molar-refractivity contribution in [1.82, 2.24) is 4.31 Å². The second kappa shape index (κ2) is 3.73. The molecule has 78 valence electrons. The summed E-state index contributed by atoms with van der Waals surface area (Å²) in [6, 6.07) is 0. The molecule has 1 aliphatic rings. The Hall–Kier alpha value is 0.160. The van der Waals surface area contributed by atoms with E-state index in [1.54, 1.807) is 14.2 Å². The van der Waals surface area contributed by atoms with Crippen LogP contribution in [0, 0.1) is 0 Å². The van der Waals surface area contributed by atoms with Gasteiger partial charge in [0.2, 0.25) is 10.0 Å². The summed E-state index contributed by atoms with van der Waals surface area (Å²) in [5.74, 6) is 0. The van der Waals surface area contributed by atoms with E-state index in [1.165, 1.54) is 4.31 Å². The van der Waals surface area contributed by atoms with E-state index >= 15 is 0 Å². The number of nitrogens with zero attached hydrogens (tertiary/aromatic N) is 1. The lowest BCUT2D eigenvalue weighted by atomic mass is 10.3.